The molecule has 15 heavy (non-hydrogen) atoms. The van der Waals surface area contributed by atoms with Gasteiger partial charge in [0, 0.05) is 5.41 Å². The van der Waals surface area contributed by atoms with Crippen molar-refractivity contribution in [1.29, 1.82) is 0 Å². The summed E-state index contributed by atoms with van der Waals surface area (Å²) in [5.74, 6) is 0.305. The fourth-order valence-electron chi connectivity index (χ4n) is 2.23. The monoisotopic (exact) mass is 206 g/mol. The van der Waals surface area contributed by atoms with Crippen LogP contribution in [0.5, 0.6) is 0 Å². The van der Waals surface area contributed by atoms with Crippen LogP contribution in [0.3, 0.4) is 0 Å². The second-order valence-electron chi connectivity index (χ2n) is 5.30. The fraction of sp³-hybridized carbons (Fsp3) is 0.643. The molecule has 0 heterocycles. The third-order valence-electron chi connectivity index (χ3n) is 4.06. The highest BCUT2D eigenvalue weighted by Gasteiger charge is 2.46. The van der Waals surface area contributed by atoms with Gasteiger partial charge in [-0.15, -0.1) is 0 Å². The van der Waals surface area contributed by atoms with E-state index >= 15 is 0 Å². The molecule has 0 aliphatic heterocycles. The van der Waals surface area contributed by atoms with E-state index in [0.29, 0.717) is 5.78 Å². The van der Waals surface area contributed by atoms with Crippen LogP contribution in [0, 0.1) is 10.8 Å². The first-order valence-electron chi connectivity index (χ1n) is 5.70. The van der Waals surface area contributed by atoms with Crippen molar-refractivity contribution in [2.75, 3.05) is 0 Å². The zero-order valence-electron chi connectivity index (χ0n) is 10.6. The number of Topliss-reactive ketones (excluding diaryl/α,β-unsaturated/α-hetero) is 1. The van der Waals surface area contributed by atoms with Crippen LogP contribution in [-0.4, -0.2) is 5.78 Å². The lowest BCUT2D eigenvalue weighted by atomic mass is 9.58. The maximum absolute atomic E-state index is 12.4. The van der Waals surface area contributed by atoms with E-state index in [2.05, 4.69) is 32.9 Å². The summed E-state index contributed by atoms with van der Waals surface area (Å²) < 4.78 is 0. The molecule has 0 aromatic rings. The standard InChI is InChI=1S/C14H22O/c1-6-11(2)12(15)14(5)10-8-7-9-13(14,3)4/h6-7,9H,8,10H2,1-5H3. The van der Waals surface area contributed by atoms with E-state index in [1.165, 1.54) is 0 Å². The van der Waals surface area contributed by atoms with Crippen molar-refractivity contribution in [2.24, 2.45) is 10.8 Å². The maximum Gasteiger partial charge on any atom is 0.164 e. The van der Waals surface area contributed by atoms with Crippen LogP contribution in [0.4, 0.5) is 0 Å². The average molecular weight is 206 g/mol. The predicted octanol–water partition coefficient (Wildman–Crippen LogP) is 3.90. The van der Waals surface area contributed by atoms with Crippen LogP contribution in [0.25, 0.3) is 0 Å². The molecule has 1 aliphatic carbocycles. The van der Waals surface area contributed by atoms with Crippen molar-refractivity contribution in [2.45, 2.75) is 47.5 Å². The molecule has 0 radical (unpaired) electrons. The van der Waals surface area contributed by atoms with Gasteiger partial charge in [0.2, 0.25) is 0 Å². The molecule has 1 nitrogen and oxygen atoms in total. The Hall–Kier alpha value is -0.850. The molecule has 0 aromatic carbocycles. The Bertz CT molecular complexity index is 320. The molecular weight excluding hydrogens is 184 g/mol. The van der Waals surface area contributed by atoms with Crippen molar-refractivity contribution >= 4 is 5.78 Å². The number of ketones is 1. The van der Waals surface area contributed by atoms with Gasteiger partial charge in [0.25, 0.3) is 0 Å². The number of allylic oxidation sites excluding steroid dienone is 4. The van der Waals surface area contributed by atoms with E-state index in [4.69, 9.17) is 0 Å². The minimum atomic E-state index is -0.238. The highest BCUT2D eigenvalue weighted by molar-refractivity contribution is 5.99. The SMILES string of the molecule is CC=C(C)C(=O)C1(C)CCC=CC1(C)C. The van der Waals surface area contributed by atoms with Crippen LogP contribution in [0.1, 0.15) is 47.5 Å². The Morgan fingerprint density at radius 3 is 2.40 bits per heavy atom. The van der Waals surface area contributed by atoms with Crippen molar-refractivity contribution in [3.63, 3.8) is 0 Å². The third-order valence-corrected chi connectivity index (χ3v) is 4.06. The van der Waals surface area contributed by atoms with E-state index in [1.54, 1.807) is 0 Å². The summed E-state index contributed by atoms with van der Waals surface area (Å²) >= 11 is 0. The zero-order chi connectivity index (χ0) is 11.7. The van der Waals surface area contributed by atoms with E-state index in [1.807, 2.05) is 19.9 Å². The molecule has 1 unspecified atom stereocenters. The second-order valence-corrected chi connectivity index (χ2v) is 5.30. The molecule has 84 valence electrons. The first-order chi connectivity index (χ1) is 6.85. The third kappa shape index (κ3) is 1.92. The molecule has 0 saturated heterocycles. The minimum absolute atomic E-state index is 0.0351. The molecule has 1 atom stereocenters. The largest absolute Gasteiger partial charge is 0.294 e. The van der Waals surface area contributed by atoms with Gasteiger partial charge in [0.1, 0.15) is 0 Å². The normalized spacial score (nSPS) is 30.3. The molecule has 0 saturated carbocycles. The average Bonchev–Trinajstić information content (AvgIpc) is 2.20. The summed E-state index contributed by atoms with van der Waals surface area (Å²) in [4.78, 5) is 12.4. The Kier molecular flexibility index (Phi) is 3.22. The van der Waals surface area contributed by atoms with E-state index in [0.717, 1.165) is 18.4 Å². The van der Waals surface area contributed by atoms with Gasteiger partial charge in [0.15, 0.2) is 5.78 Å². The van der Waals surface area contributed by atoms with Crippen LogP contribution >= 0.6 is 0 Å². The first kappa shape index (κ1) is 12.2. The van der Waals surface area contributed by atoms with Crippen LogP contribution in [-0.2, 0) is 4.79 Å². The van der Waals surface area contributed by atoms with Gasteiger partial charge in [-0.05, 0) is 37.7 Å². The molecule has 0 bridgehead atoms. The Morgan fingerprint density at radius 1 is 1.33 bits per heavy atom. The molecule has 1 aliphatic rings. The summed E-state index contributed by atoms with van der Waals surface area (Å²) in [6.45, 7) is 10.3. The highest BCUT2D eigenvalue weighted by atomic mass is 16.1. The number of rotatable bonds is 2. The first-order valence-corrected chi connectivity index (χ1v) is 5.70. The molecule has 1 heteroatoms. The fourth-order valence-corrected chi connectivity index (χ4v) is 2.23. The molecule has 0 spiro atoms. The summed E-state index contributed by atoms with van der Waals surface area (Å²) in [5, 5.41) is 0. The lowest BCUT2D eigenvalue weighted by molar-refractivity contribution is -0.129. The van der Waals surface area contributed by atoms with Crippen LogP contribution < -0.4 is 0 Å². The lowest BCUT2D eigenvalue weighted by Gasteiger charge is -2.44. The van der Waals surface area contributed by atoms with Gasteiger partial charge in [-0.3, -0.25) is 4.79 Å². The van der Waals surface area contributed by atoms with Crippen molar-refractivity contribution in [1.82, 2.24) is 0 Å². The Morgan fingerprint density at radius 2 is 1.93 bits per heavy atom. The quantitative estimate of drug-likeness (QED) is 0.494. The lowest BCUT2D eigenvalue weighted by Crippen LogP contribution is -2.43. The highest BCUT2D eigenvalue weighted by Crippen LogP contribution is 2.48. The van der Waals surface area contributed by atoms with Crippen molar-refractivity contribution in [3.8, 4) is 0 Å². The summed E-state index contributed by atoms with van der Waals surface area (Å²) in [7, 11) is 0. The molecule has 1 rings (SSSR count). The van der Waals surface area contributed by atoms with E-state index in [-0.39, 0.29) is 10.8 Å². The van der Waals surface area contributed by atoms with Gasteiger partial charge in [-0.1, -0.05) is 39.0 Å². The van der Waals surface area contributed by atoms with Gasteiger partial charge in [-0.25, -0.2) is 0 Å². The van der Waals surface area contributed by atoms with Crippen molar-refractivity contribution < 1.29 is 4.79 Å². The summed E-state index contributed by atoms with van der Waals surface area (Å²) in [5.41, 5.74) is 0.617. The Labute approximate surface area is 93.3 Å². The number of hydrogen-bond donors (Lipinski definition) is 0. The minimum Gasteiger partial charge on any atom is -0.294 e. The van der Waals surface area contributed by atoms with E-state index < -0.39 is 0 Å². The van der Waals surface area contributed by atoms with Crippen LogP contribution in [0.2, 0.25) is 0 Å². The smallest absolute Gasteiger partial charge is 0.164 e. The maximum atomic E-state index is 12.4. The molecule has 0 aromatic heterocycles. The number of hydrogen-bond acceptors (Lipinski definition) is 1. The molecule has 0 N–H and O–H groups in total. The van der Waals surface area contributed by atoms with Gasteiger partial charge >= 0.3 is 0 Å². The summed E-state index contributed by atoms with van der Waals surface area (Å²) in [6.07, 6.45) is 8.28. The number of carbonyl (C=O) groups is 1. The predicted molar refractivity (Wildman–Crippen MR) is 64.7 cm³/mol. The molecule has 0 amide bonds. The topological polar surface area (TPSA) is 17.1 Å². The van der Waals surface area contributed by atoms with Gasteiger partial charge in [0.05, 0.1) is 0 Å². The van der Waals surface area contributed by atoms with Gasteiger partial charge < -0.3 is 0 Å². The van der Waals surface area contributed by atoms with Crippen molar-refractivity contribution in [3.05, 3.63) is 23.8 Å². The van der Waals surface area contributed by atoms with Crippen LogP contribution in [0.15, 0.2) is 23.8 Å². The second kappa shape index (κ2) is 3.96. The zero-order valence-corrected chi connectivity index (χ0v) is 10.6. The van der Waals surface area contributed by atoms with Gasteiger partial charge in [-0.2, -0.15) is 0 Å². The number of carbonyl (C=O) groups excluding carboxylic acids is 1. The molecule has 0 fully saturated rings. The summed E-state index contributed by atoms with van der Waals surface area (Å²) in [6, 6.07) is 0. The van der Waals surface area contributed by atoms with E-state index in [9.17, 15) is 4.79 Å². The molecular formula is C14H22O. The Balaban J connectivity index is 3.11.